The summed E-state index contributed by atoms with van der Waals surface area (Å²) in [6.45, 7) is 2.33. The number of rotatable bonds is 4. The summed E-state index contributed by atoms with van der Waals surface area (Å²) < 4.78 is 1.04. The van der Waals surface area contributed by atoms with Crippen LogP contribution < -0.4 is 5.32 Å². The predicted octanol–water partition coefficient (Wildman–Crippen LogP) is 3.46. The summed E-state index contributed by atoms with van der Waals surface area (Å²) in [6.07, 6.45) is 0. The molecule has 0 saturated carbocycles. The Morgan fingerprint density at radius 2 is 1.95 bits per heavy atom. The van der Waals surface area contributed by atoms with E-state index in [1.165, 1.54) is 0 Å². The van der Waals surface area contributed by atoms with E-state index >= 15 is 0 Å². The molecule has 0 aliphatic carbocycles. The van der Waals surface area contributed by atoms with Crippen molar-refractivity contribution < 1.29 is 9.90 Å². The third kappa shape index (κ3) is 3.54. The third-order valence-corrected chi connectivity index (χ3v) is 3.23. The lowest BCUT2D eigenvalue weighted by molar-refractivity contribution is 0.0695. The van der Waals surface area contributed by atoms with E-state index in [4.69, 9.17) is 5.11 Å². The van der Waals surface area contributed by atoms with E-state index in [-0.39, 0.29) is 5.56 Å². The first-order valence-corrected chi connectivity index (χ1v) is 6.55. The van der Waals surface area contributed by atoms with Crippen molar-refractivity contribution in [2.75, 3.05) is 5.32 Å². The molecule has 4 nitrogen and oxygen atoms in total. The molecule has 0 aliphatic rings. The quantitative estimate of drug-likeness (QED) is 0.905. The monoisotopic (exact) mass is 320 g/mol. The molecule has 0 radical (unpaired) electrons. The van der Waals surface area contributed by atoms with E-state index in [1.54, 1.807) is 19.1 Å². The van der Waals surface area contributed by atoms with Gasteiger partial charge in [-0.1, -0.05) is 28.1 Å². The zero-order valence-corrected chi connectivity index (χ0v) is 11.9. The van der Waals surface area contributed by atoms with Gasteiger partial charge in [0.05, 0.1) is 11.3 Å². The molecule has 0 spiro atoms. The lowest BCUT2D eigenvalue weighted by Crippen LogP contribution is -2.06. The number of carbonyl (C=O) groups is 1. The molecule has 0 atom stereocenters. The van der Waals surface area contributed by atoms with Crippen LogP contribution in [0.1, 0.15) is 21.6 Å². The summed E-state index contributed by atoms with van der Waals surface area (Å²) in [4.78, 5) is 15.1. The van der Waals surface area contributed by atoms with Gasteiger partial charge in [0.2, 0.25) is 0 Å². The second-order valence-electron chi connectivity index (χ2n) is 4.11. The van der Waals surface area contributed by atoms with Gasteiger partial charge in [-0.15, -0.1) is 0 Å². The van der Waals surface area contributed by atoms with Crippen LogP contribution in [0.2, 0.25) is 0 Å². The first-order chi connectivity index (χ1) is 9.06. The molecule has 0 fully saturated rings. The van der Waals surface area contributed by atoms with Crippen LogP contribution in [0.25, 0.3) is 0 Å². The molecule has 19 heavy (non-hydrogen) atoms. The topological polar surface area (TPSA) is 62.2 Å². The zero-order valence-electron chi connectivity index (χ0n) is 10.4. The largest absolute Gasteiger partial charge is 0.478 e. The Hall–Kier alpha value is -1.88. The molecule has 1 aromatic heterocycles. The normalized spacial score (nSPS) is 10.2. The van der Waals surface area contributed by atoms with Crippen molar-refractivity contribution in [1.29, 1.82) is 0 Å². The number of benzene rings is 1. The molecule has 0 aliphatic heterocycles. The summed E-state index contributed by atoms with van der Waals surface area (Å²) in [5.41, 5.74) is 1.87. The van der Waals surface area contributed by atoms with Crippen LogP contribution in [0, 0.1) is 6.92 Å². The van der Waals surface area contributed by atoms with Gasteiger partial charge in [-0.05, 0) is 36.8 Å². The number of nitrogens with one attached hydrogen (secondary N) is 1. The Balaban J connectivity index is 2.06. The van der Waals surface area contributed by atoms with Crippen molar-refractivity contribution in [3.05, 3.63) is 57.7 Å². The highest BCUT2D eigenvalue weighted by atomic mass is 79.9. The number of carboxylic acid groups (broad SMARTS) is 1. The number of nitrogens with zero attached hydrogens (tertiary/aromatic N) is 1. The number of hydrogen-bond donors (Lipinski definition) is 2. The maximum absolute atomic E-state index is 10.9. The molecule has 0 bridgehead atoms. The van der Waals surface area contributed by atoms with Crippen LogP contribution in [-0.4, -0.2) is 16.1 Å². The van der Waals surface area contributed by atoms with Gasteiger partial charge >= 0.3 is 5.97 Å². The van der Waals surface area contributed by atoms with E-state index < -0.39 is 5.97 Å². The fraction of sp³-hybridized carbons (Fsp3) is 0.143. The van der Waals surface area contributed by atoms with Crippen molar-refractivity contribution in [2.24, 2.45) is 0 Å². The minimum absolute atomic E-state index is 0.231. The van der Waals surface area contributed by atoms with Crippen molar-refractivity contribution in [1.82, 2.24) is 4.98 Å². The molecule has 2 N–H and O–H groups in total. The predicted molar refractivity (Wildman–Crippen MR) is 77.4 cm³/mol. The summed E-state index contributed by atoms with van der Waals surface area (Å²) >= 11 is 3.38. The van der Waals surface area contributed by atoms with Crippen LogP contribution in [0.3, 0.4) is 0 Å². The molecule has 0 amide bonds. The summed E-state index contributed by atoms with van der Waals surface area (Å²) in [5.74, 6) is -0.283. The Bertz CT molecular complexity index is 597. The molecule has 0 unspecified atom stereocenters. The fourth-order valence-corrected chi connectivity index (χ4v) is 1.94. The summed E-state index contributed by atoms with van der Waals surface area (Å²) in [5, 5.41) is 12.1. The Morgan fingerprint density at radius 3 is 2.53 bits per heavy atom. The number of anilines is 1. The van der Waals surface area contributed by atoms with Crippen LogP contribution >= 0.6 is 15.9 Å². The molecular formula is C14H13BrN2O2. The van der Waals surface area contributed by atoms with Gasteiger partial charge in [-0.3, -0.25) is 0 Å². The van der Waals surface area contributed by atoms with E-state index in [0.717, 1.165) is 10.0 Å². The summed E-state index contributed by atoms with van der Waals surface area (Å²) in [6, 6.07) is 11.2. The molecule has 2 rings (SSSR count). The number of carboxylic acids is 1. The van der Waals surface area contributed by atoms with Crippen molar-refractivity contribution in [3.8, 4) is 0 Å². The SMILES string of the molecule is Cc1nc(NCc2ccc(Br)cc2)ccc1C(=O)O. The molecule has 98 valence electrons. The molecule has 5 heteroatoms. The fourth-order valence-electron chi connectivity index (χ4n) is 1.68. The van der Waals surface area contributed by atoms with Gasteiger partial charge < -0.3 is 10.4 Å². The highest BCUT2D eigenvalue weighted by Gasteiger charge is 2.08. The second kappa shape index (κ2) is 5.84. The van der Waals surface area contributed by atoms with Crippen LogP contribution in [0.15, 0.2) is 40.9 Å². The Kier molecular flexibility index (Phi) is 4.16. The van der Waals surface area contributed by atoms with Gasteiger partial charge in [-0.25, -0.2) is 9.78 Å². The number of pyridine rings is 1. The van der Waals surface area contributed by atoms with Gasteiger partial charge in [-0.2, -0.15) is 0 Å². The lowest BCUT2D eigenvalue weighted by atomic mass is 10.2. The number of aromatic nitrogens is 1. The number of aromatic carboxylic acids is 1. The highest BCUT2D eigenvalue weighted by molar-refractivity contribution is 9.10. The van der Waals surface area contributed by atoms with Crippen molar-refractivity contribution >= 4 is 27.7 Å². The standard InChI is InChI=1S/C14H13BrN2O2/c1-9-12(14(18)19)6-7-13(17-9)16-8-10-2-4-11(15)5-3-10/h2-7H,8H2,1H3,(H,16,17)(H,18,19). The number of hydrogen-bond acceptors (Lipinski definition) is 3. The molecule has 1 aromatic carbocycles. The average molecular weight is 321 g/mol. The lowest BCUT2D eigenvalue weighted by Gasteiger charge is -2.08. The smallest absolute Gasteiger partial charge is 0.337 e. The van der Waals surface area contributed by atoms with Crippen molar-refractivity contribution in [3.63, 3.8) is 0 Å². The number of aryl methyl sites for hydroxylation is 1. The van der Waals surface area contributed by atoms with Gasteiger partial charge in [0.25, 0.3) is 0 Å². The Labute approximate surface area is 119 Å². The molecule has 0 saturated heterocycles. The Morgan fingerprint density at radius 1 is 1.26 bits per heavy atom. The van der Waals surface area contributed by atoms with E-state index in [9.17, 15) is 4.79 Å². The summed E-state index contributed by atoms with van der Waals surface area (Å²) in [7, 11) is 0. The van der Waals surface area contributed by atoms with E-state index in [2.05, 4.69) is 26.2 Å². The number of halogens is 1. The second-order valence-corrected chi connectivity index (χ2v) is 5.03. The van der Waals surface area contributed by atoms with Crippen LogP contribution in [0.4, 0.5) is 5.82 Å². The van der Waals surface area contributed by atoms with Gasteiger partial charge in [0.15, 0.2) is 0 Å². The molecule has 1 heterocycles. The van der Waals surface area contributed by atoms with Gasteiger partial charge in [0, 0.05) is 11.0 Å². The zero-order chi connectivity index (χ0) is 13.8. The first-order valence-electron chi connectivity index (χ1n) is 5.75. The highest BCUT2D eigenvalue weighted by Crippen LogP contribution is 2.14. The van der Waals surface area contributed by atoms with Crippen LogP contribution in [0.5, 0.6) is 0 Å². The average Bonchev–Trinajstić information content (AvgIpc) is 2.37. The van der Waals surface area contributed by atoms with Crippen LogP contribution in [-0.2, 0) is 6.54 Å². The third-order valence-electron chi connectivity index (χ3n) is 2.70. The van der Waals surface area contributed by atoms with Gasteiger partial charge in [0.1, 0.15) is 5.82 Å². The molecular weight excluding hydrogens is 308 g/mol. The van der Waals surface area contributed by atoms with E-state index in [1.807, 2.05) is 24.3 Å². The maximum atomic E-state index is 10.9. The van der Waals surface area contributed by atoms with Crippen molar-refractivity contribution in [2.45, 2.75) is 13.5 Å². The minimum Gasteiger partial charge on any atom is -0.478 e. The first kappa shape index (κ1) is 13.5. The van der Waals surface area contributed by atoms with E-state index in [0.29, 0.717) is 18.1 Å². The minimum atomic E-state index is -0.954. The molecule has 2 aromatic rings. The maximum Gasteiger partial charge on any atom is 0.337 e.